The van der Waals surface area contributed by atoms with Crippen molar-refractivity contribution >= 4 is 49.7 Å². The minimum atomic E-state index is -1.53. The van der Waals surface area contributed by atoms with E-state index in [2.05, 4.69) is 4.74 Å². The van der Waals surface area contributed by atoms with E-state index in [0.717, 1.165) is 0 Å². The van der Waals surface area contributed by atoms with Crippen molar-refractivity contribution < 1.29 is 24.5 Å². The maximum absolute atomic E-state index is 10.1. The van der Waals surface area contributed by atoms with E-state index in [9.17, 15) is 19.8 Å². The molecule has 0 amide bonds. The van der Waals surface area contributed by atoms with Gasteiger partial charge in [0, 0.05) is 19.0 Å². The van der Waals surface area contributed by atoms with Gasteiger partial charge >= 0.3 is 37.7 Å². The second kappa shape index (κ2) is 7.79. The molecular formula is C6H8CaO5. The predicted octanol–water partition coefficient (Wildman–Crippen LogP) is -3.10. The zero-order valence-electron chi connectivity index (χ0n) is 6.74. The van der Waals surface area contributed by atoms with Crippen LogP contribution in [0.25, 0.3) is 0 Å². The fraction of sp³-hybridized carbons (Fsp3) is 0.667. The molecule has 0 saturated heterocycles. The van der Waals surface area contributed by atoms with E-state index in [0.29, 0.717) is 0 Å². The Labute approximate surface area is 99.7 Å². The summed E-state index contributed by atoms with van der Waals surface area (Å²) in [6, 6.07) is 0. The standard InChI is InChI=1S/C6H10O5.Ca/c1-2-11-4(6(9)10)3-5(7)8;/h4H,2-3H2,1H3,(H,7,8)(H,9,10);/q;+2/p-2/t4-;/m0./s1. The monoisotopic (exact) mass is 200 g/mol. The van der Waals surface area contributed by atoms with Crippen LogP contribution >= 0.6 is 0 Å². The molecule has 0 rings (SSSR count). The topological polar surface area (TPSA) is 89.5 Å². The zero-order valence-corrected chi connectivity index (χ0v) is 8.95. The molecule has 64 valence electrons. The molecule has 0 aliphatic rings. The molecule has 0 aliphatic carbocycles. The van der Waals surface area contributed by atoms with E-state index in [-0.39, 0.29) is 44.3 Å². The summed E-state index contributed by atoms with van der Waals surface area (Å²) in [5.74, 6) is -3.00. The van der Waals surface area contributed by atoms with Gasteiger partial charge in [0.1, 0.15) is 6.10 Å². The summed E-state index contributed by atoms with van der Waals surface area (Å²) in [6.45, 7) is 1.69. The second-order valence-electron chi connectivity index (χ2n) is 1.84. The van der Waals surface area contributed by atoms with Crippen LogP contribution in [0.2, 0.25) is 0 Å². The molecule has 6 heteroatoms. The minimum absolute atomic E-state index is 0. The van der Waals surface area contributed by atoms with E-state index < -0.39 is 24.5 Å². The fourth-order valence-electron chi connectivity index (χ4n) is 0.563. The van der Waals surface area contributed by atoms with Gasteiger partial charge in [0.15, 0.2) is 0 Å². The number of hydrogen-bond donors (Lipinski definition) is 0. The first kappa shape index (κ1) is 14.7. The molecule has 0 unspecified atom stereocenters. The number of carboxylic acid groups (broad SMARTS) is 2. The third kappa shape index (κ3) is 6.84. The number of rotatable bonds is 5. The first-order valence-corrected chi connectivity index (χ1v) is 3.10. The summed E-state index contributed by atoms with van der Waals surface area (Å²) < 4.78 is 4.53. The van der Waals surface area contributed by atoms with Gasteiger partial charge in [-0.2, -0.15) is 0 Å². The van der Waals surface area contributed by atoms with Crippen LogP contribution in [0.5, 0.6) is 0 Å². The number of carbonyl (C=O) groups is 2. The van der Waals surface area contributed by atoms with Crippen LogP contribution in [0.3, 0.4) is 0 Å². The van der Waals surface area contributed by atoms with Gasteiger partial charge < -0.3 is 24.5 Å². The third-order valence-corrected chi connectivity index (χ3v) is 0.983. The first-order chi connectivity index (χ1) is 5.07. The van der Waals surface area contributed by atoms with Gasteiger partial charge in [0.2, 0.25) is 0 Å². The van der Waals surface area contributed by atoms with Gasteiger partial charge in [0.05, 0.1) is 5.97 Å². The Hall–Kier alpha value is 0.160. The third-order valence-electron chi connectivity index (χ3n) is 0.983. The smallest absolute Gasteiger partial charge is 0.550 e. The molecule has 12 heavy (non-hydrogen) atoms. The van der Waals surface area contributed by atoms with Crippen LogP contribution in [-0.4, -0.2) is 62.4 Å². The van der Waals surface area contributed by atoms with Crippen LogP contribution in [0.4, 0.5) is 0 Å². The van der Waals surface area contributed by atoms with Gasteiger partial charge in [-0.25, -0.2) is 0 Å². The van der Waals surface area contributed by atoms with Crippen molar-refractivity contribution in [3.8, 4) is 0 Å². The van der Waals surface area contributed by atoms with Crippen molar-refractivity contribution in [2.24, 2.45) is 0 Å². The average Bonchev–Trinajstić information content (AvgIpc) is 1.86. The van der Waals surface area contributed by atoms with E-state index in [1.807, 2.05) is 0 Å². The van der Waals surface area contributed by atoms with Crippen LogP contribution in [-0.2, 0) is 14.3 Å². The average molecular weight is 200 g/mol. The number of ether oxygens (including phenoxy) is 1. The van der Waals surface area contributed by atoms with Crippen molar-refractivity contribution in [3.63, 3.8) is 0 Å². The molecular weight excluding hydrogens is 192 g/mol. The maximum Gasteiger partial charge on any atom is 2.00 e. The van der Waals surface area contributed by atoms with Crippen molar-refractivity contribution in [1.29, 1.82) is 0 Å². The molecule has 0 aromatic heterocycles. The Morgan fingerprint density at radius 3 is 2.17 bits per heavy atom. The van der Waals surface area contributed by atoms with Crippen LogP contribution in [0.1, 0.15) is 13.3 Å². The SMILES string of the molecule is CCO[C@@H](CC(=O)[O-])C(=O)[O-].[Ca+2]. The Kier molecular flexibility index (Phi) is 9.52. The molecule has 0 heterocycles. The molecule has 0 aliphatic heterocycles. The summed E-state index contributed by atoms with van der Waals surface area (Å²) in [5, 5.41) is 20.0. The molecule has 0 saturated carbocycles. The quantitative estimate of drug-likeness (QED) is 0.438. The molecule has 0 aromatic rings. The Bertz CT molecular complexity index is 158. The number of hydrogen-bond acceptors (Lipinski definition) is 5. The van der Waals surface area contributed by atoms with E-state index >= 15 is 0 Å². The molecule has 0 spiro atoms. The summed E-state index contributed by atoms with van der Waals surface area (Å²) >= 11 is 0. The van der Waals surface area contributed by atoms with Gasteiger partial charge in [0.25, 0.3) is 0 Å². The van der Waals surface area contributed by atoms with E-state index in [4.69, 9.17) is 0 Å². The summed E-state index contributed by atoms with van der Waals surface area (Å²) in [4.78, 5) is 20.0. The molecule has 1 atom stereocenters. The molecule has 0 fully saturated rings. The van der Waals surface area contributed by atoms with Gasteiger partial charge in [-0.15, -0.1) is 0 Å². The second-order valence-corrected chi connectivity index (χ2v) is 1.84. The predicted molar refractivity (Wildman–Crippen MR) is 35.8 cm³/mol. The molecule has 0 radical (unpaired) electrons. The molecule has 0 N–H and O–H groups in total. The number of aliphatic carboxylic acids is 2. The van der Waals surface area contributed by atoms with Crippen LogP contribution in [0, 0.1) is 0 Å². The maximum atomic E-state index is 10.1. The number of carboxylic acids is 2. The largest absolute Gasteiger partial charge is 2.00 e. The molecule has 5 nitrogen and oxygen atoms in total. The van der Waals surface area contributed by atoms with Crippen molar-refractivity contribution in [2.75, 3.05) is 6.61 Å². The Morgan fingerprint density at radius 2 is 1.92 bits per heavy atom. The molecule has 0 aromatic carbocycles. The number of carbonyl (C=O) groups excluding carboxylic acids is 2. The van der Waals surface area contributed by atoms with Crippen molar-refractivity contribution in [1.82, 2.24) is 0 Å². The van der Waals surface area contributed by atoms with Gasteiger partial charge in [-0.3, -0.25) is 0 Å². The summed E-state index contributed by atoms with van der Waals surface area (Å²) in [5.41, 5.74) is 0. The minimum Gasteiger partial charge on any atom is -0.550 e. The Balaban J connectivity index is 0. The summed E-state index contributed by atoms with van der Waals surface area (Å²) in [6.07, 6.45) is -2.07. The Morgan fingerprint density at radius 1 is 1.42 bits per heavy atom. The molecule has 0 bridgehead atoms. The van der Waals surface area contributed by atoms with Crippen molar-refractivity contribution in [2.45, 2.75) is 19.4 Å². The van der Waals surface area contributed by atoms with Gasteiger partial charge in [-0.05, 0) is 6.92 Å². The van der Waals surface area contributed by atoms with E-state index in [1.54, 1.807) is 6.92 Å². The zero-order chi connectivity index (χ0) is 8.85. The van der Waals surface area contributed by atoms with E-state index in [1.165, 1.54) is 0 Å². The van der Waals surface area contributed by atoms with Crippen molar-refractivity contribution in [3.05, 3.63) is 0 Å². The summed E-state index contributed by atoms with van der Waals surface area (Å²) in [7, 11) is 0. The van der Waals surface area contributed by atoms with Gasteiger partial charge in [-0.1, -0.05) is 0 Å². The normalized spacial score (nSPS) is 11.4. The van der Waals surface area contributed by atoms with Crippen LogP contribution < -0.4 is 10.2 Å². The van der Waals surface area contributed by atoms with Crippen LogP contribution in [0.15, 0.2) is 0 Å². The fourth-order valence-corrected chi connectivity index (χ4v) is 0.563. The first-order valence-electron chi connectivity index (χ1n) is 3.10.